The predicted octanol–water partition coefficient (Wildman–Crippen LogP) is 7.77. The zero-order valence-corrected chi connectivity index (χ0v) is 17.5. The zero-order valence-electron chi connectivity index (χ0n) is 17.5. The van der Waals surface area contributed by atoms with Gasteiger partial charge in [-0.3, -0.25) is 0 Å². The van der Waals surface area contributed by atoms with Crippen molar-refractivity contribution in [2.75, 3.05) is 0 Å². The van der Waals surface area contributed by atoms with Gasteiger partial charge in [-0.1, -0.05) is 49.9 Å². The van der Waals surface area contributed by atoms with Crippen molar-refractivity contribution >= 4 is 17.2 Å². The van der Waals surface area contributed by atoms with Gasteiger partial charge in [0, 0.05) is 0 Å². The Hall–Kier alpha value is -2.34. The SMILES string of the molecule is C=C(C)c1cc(C=C(CC)C(=C)c2c(C)cc(C)c(C)c2C)ccc1C. The Morgan fingerprint density at radius 3 is 2.12 bits per heavy atom. The summed E-state index contributed by atoms with van der Waals surface area (Å²) in [5, 5.41) is 0. The van der Waals surface area contributed by atoms with Gasteiger partial charge in [0.25, 0.3) is 0 Å². The molecule has 0 fully saturated rings. The lowest BCUT2D eigenvalue weighted by atomic mass is 9.86. The fourth-order valence-corrected chi connectivity index (χ4v) is 3.70. The molecule has 0 nitrogen and oxygen atoms in total. The largest absolute Gasteiger partial charge is 0.0955 e. The first-order valence-corrected chi connectivity index (χ1v) is 9.41. The van der Waals surface area contributed by atoms with Crippen molar-refractivity contribution in [1.82, 2.24) is 0 Å². The smallest absolute Gasteiger partial charge is 0.0126 e. The number of benzene rings is 2. The van der Waals surface area contributed by atoms with Crippen LogP contribution >= 0.6 is 0 Å². The van der Waals surface area contributed by atoms with Gasteiger partial charge in [0.1, 0.15) is 0 Å². The van der Waals surface area contributed by atoms with Crippen molar-refractivity contribution < 1.29 is 0 Å². The van der Waals surface area contributed by atoms with Gasteiger partial charge < -0.3 is 0 Å². The molecular formula is C26H32. The topological polar surface area (TPSA) is 0 Å². The minimum Gasteiger partial charge on any atom is -0.0955 e. The average molecular weight is 345 g/mol. The normalized spacial score (nSPS) is 11.6. The predicted molar refractivity (Wildman–Crippen MR) is 119 cm³/mol. The van der Waals surface area contributed by atoms with Gasteiger partial charge in [-0.15, -0.1) is 0 Å². The summed E-state index contributed by atoms with van der Waals surface area (Å²) in [4.78, 5) is 0. The van der Waals surface area contributed by atoms with Gasteiger partial charge in [-0.2, -0.15) is 0 Å². The lowest BCUT2D eigenvalue weighted by Gasteiger charge is -2.19. The molecule has 0 atom stereocenters. The van der Waals surface area contributed by atoms with Crippen LogP contribution in [0.2, 0.25) is 0 Å². The highest BCUT2D eigenvalue weighted by Crippen LogP contribution is 2.33. The van der Waals surface area contributed by atoms with Gasteiger partial charge in [-0.05, 0) is 110 Å². The zero-order chi connectivity index (χ0) is 19.6. The van der Waals surface area contributed by atoms with Gasteiger partial charge in [0.2, 0.25) is 0 Å². The van der Waals surface area contributed by atoms with E-state index in [0.717, 1.165) is 17.6 Å². The summed E-state index contributed by atoms with van der Waals surface area (Å²) in [6.45, 7) is 23.8. The Kier molecular flexibility index (Phi) is 6.08. The standard InChI is InChI=1S/C26H32/c1-10-24(14-23-12-11-17(4)25(15-23)16(2)3)22(9)26-19(6)13-18(5)20(7)21(26)8/h11-15H,2,9-10H2,1,3-8H3. The molecule has 0 N–H and O–H groups in total. The molecule has 26 heavy (non-hydrogen) atoms. The first kappa shape index (κ1) is 20.0. The van der Waals surface area contributed by atoms with Crippen molar-refractivity contribution in [3.63, 3.8) is 0 Å². The quantitative estimate of drug-likeness (QED) is 0.486. The summed E-state index contributed by atoms with van der Waals surface area (Å²) >= 11 is 0. The van der Waals surface area contributed by atoms with Gasteiger partial charge in [0.05, 0.1) is 0 Å². The van der Waals surface area contributed by atoms with Crippen molar-refractivity contribution in [2.24, 2.45) is 0 Å². The number of aryl methyl sites for hydroxylation is 3. The third-order valence-electron chi connectivity index (χ3n) is 5.49. The number of rotatable bonds is 5. The van der Waals surface area contributed by atoms with Crippen LogP contribution in [0.25, 0.3) is 17.2 Å². The maximum atomic E-state index is 4.47. The van der Waals surface area contributed by atoms with E-state index in [-0.39, 0.29) is 0 Å². The lowest BCUT2D eigenvalue weighted by molar-refractivity contribution is 1.15. The molecule has 0 heteroatoms. The molecule has 136 valence electrons. The Bertz CT molecular complexity index is 904. The first-order valence-electron chi connectivity index (χ1n) is 9.41. The molecule has 0 aromatic heterocycles. The molecule has 0 unspecified atom stereocenters. The van der Waals surface area contributed by atoms with Crippen molar-refractivity contribution in [3.05, 3.63) is 87.5 Å². The minimum atomic E-state index is 0.959. The Balaban J connectivity index is 2.54. The molecule has 0 aliphatic carbocycles. The minimum absolute atomic E-state index is 0.959. The second-order valence-electron chi connectivity index (χ2n) is 7.49. The molecule has 0 aliphatic rings. The molecule has 2 aromatic rings. The molecule has 0 saturated carbocycles. The van der Waals surface area contributed by atoms with Crippen LogP contribution in [0.15, 0.2) is 43.0 Å². The molecule has 0 amide bonds. The molecule has 0 aliphatic heterocycles. The van der Waals surface area contributed by atoms with Crippen LogP contribution in [-0.2, 0) is 0 Å². The number of hydrogen-bond acceptors (Lipinski definition) is 0. The Morgan fingerprint density at radius 2 is 1.54 bits per heavy atom. The molecule has 0 bridgehead atoms. The van der Waals surface area contributed by atoms with Crippen molar-refractivity contribution in [2.45, 2.75) is 54.9 Å². The maximum Gasteiger partial charge on any atom is -0.0126 e. The molecule has 0 radical (unpaired) electrons. The van der Waals surface area contributed by atoms with E-state index < -0.39 is 0 Å². The second-order valence-corrected chi connectivity index (χ2v) is 7.49. The van der Waals surface area contributed by atoms with Crippen molar-refractivity contribution in [1.29, 1.82) is 0 Å². The van der Waals surface area contributed by atoms with Gasteiger partial charge in [-0.25, -0.2) is 0 Å². The maximum absolute atomic E-state index is 4.47. The third kappa shape index (κ3) is 3.90. The van der Waals surface area contributed by atoms with E-state index in [0.29, 0.717) is 0 Å². The first-order chi connectivity index (χ1) is 12.2. The number of allylic oxidation sites excluding steroid dienone is 3. The fourth-order valence-electron chi connectivity index (χ4n) is 3.70. The Morgan fingerprint density at radius 1 is 0.885 bits per heavy atom. The van der Waals surface area contributed by atoms with Crippen LogP contribution in [0.1, 0.15) is 64.8 Å². The van der Waals surface area contributed by atoms with Crippen LogP contribution < -0.4 is 0 Å². The van der Waals surface area contributed by atoms with Crippen LogP contribution in [0.3, 0.4) is 0 Å². The van der Waals surface area contributed by atoms with Crippen LogP contribution in [-0.4, -0.2) is 0 Å². The van der Waals surface area contributed by atoms with Crippen LogP contribution in [0.5, 0.6) is 0 Å². The van der Waals surface area contributed by atoms with E-state index in [4.69, 9.17) is 0 Å². The summed E-state index contributed by atoms with van der Waals surface area (Å²) in [7, 11) is 0. The van der Waals surface area contributed by atoms with E-state index in [9.17, 15) is 0 Å². The molecule has 2 rings (SSSR count). The summed E-state index contributed by atoms with van der Waals surface area (Å²) in [6, 6.07) is 8.88. The lowest BCUT2D eigenvalue weighted by Crippen LogP contribution is -2.00. The van der Waals surface area contributed by atoms with Gasteiger partial charge in [0.15, 0.2) is 0 Å². The van der Waals surface area contributed by atoms with Gasteiger partial charge >= 0.3 is 0 Å². The molecule has 0 spiro atoms. The molecule has 0 heterocycles. The molecule has 0 saturated heterocycles. The highest BCUT2D eigenvalue weighted by atomic mass is 14.2. The summed E-state index contributed by atoms with van der Waals surface area (Å²) < 4.78 is 0. The second kappa shape index (κ2) is 7.91. The monoisotopic (exact) mass is 344 g/mol. The van der Waals surface area contributed by atoms with E-state index in [2.05, 4.69) is 92.0 Å². The molecule has 2 aromatic carbocycles. The summed E-state index contributed by atoms with van der Waals surface area (Å²) in [6.07, 6.45) is 3.24. The van der Waals surface area contributed by atoms with Crippen molar-refractivity contribution in [3.8, 4) is 0 Å². The summed E-state index contributed by atoms with van der Waals surface area (Å²) in [5.74, 6) is 0. The molecular weight excluding hydrogens is 312 g/mol. The van der Waals surface area contributed by atoms with E-state index >= 15 is 0 Å². The third-order valence-corrected chi connectivity index (χ3v) is 5.49. The number of hydrogen-bond donors (Lipinski definition) is 0. The highest BCUT2D eigenvalue weighted by Gasteiger charge is 2.13. The fraction of sp³-hybridized carbons (Fsp3) is 0.308. The summed E-state index contributed by atoms with van der Waals surface area (Å²) in [5.41, 5.74) is 13.9. The highest BCUT2D eigenvalue weighted by molar-refractivity contribution is 5.86. The van der Waals surface area contributed by atoms with Crippen LogP contribution in [0.4, 0.5) is 0 Å². The van der Waals surface area contributed by atoms with Crippen LogP contribution in [0, 0.1) is 34.6 Å². The van der Waals surface area contributed by atoms with E-state index in [1.54, 1.807) is 0 Å². The average Bonchev–Trinajstić information content (AvgIpc) is 2.58. The van der Waals surface area contributed by atoms with E-state index in [1.807, 2.05) is 0 Å². The Labute approximate surface area is 160 Å². The van der Waals surface area contributed by atoms with E-state index in [1.165, 1.54) is 50.1 Å².